The van der Waals surface area contributed by atoms with E-state index in [9.17, 15) is 4.79 Å². The fourth-order valence-electron chi connectivity index (χ4n) is 1.84. The number of piperidine rings is 1. The third-order valence-electron chi connectivity index (χ3n) is 2.71. The number of hydrogen-bond acceptors (Lipinski definition) is 1. The predicted octanol–water partition coefficient (Wildman–Crippen LogP) is 1.90. The number of nitrogens with zero attached hydrogens (tertiary/aromatic N) is 1. The topological polar surface area (TPSA) is 20.3 Å². The summed E-state index contributed by atoms with van der Waals surface area (Å²) in [6.07, 6.45) is 2.22. The van der Waals surface area contributed by atoms with E-state index in [2.05, 4.69) is 20.8 Å². The van der Waals surface area contributed by atoms with E-state index in [1.165, 1.54) is 0 Å². The van der Waals surface area contributed by atoms with E-state index in [-0.39, 0.29) is 11.3 Å². The summed E-state index contributed by atoms with van der Waals surface area (Å²) in [6, 6.07) is 0. The van der Waals surface area contributed by atoms with Gasteiger partial charge in [-0.25, -0.2) is 0 Å². The molecule has 0 N–H and O–H groups in total. The highest BCUT2D eigenvalue weighted by atomic mass is 16.2. The first-order chi connectivity index (χ1) is 5.43. The van der Waals surface area contributed by atoms with Gasteiger partial charge in [-0.05, 0) is 18.3 Å². The molecule has 1 unspecified atom stereocenters. The van der Waals surface area contributed by atoms with Crippen LogP contribution in [-0.4, -0.2) is 24.4 Å². The SMILES string of the molecule is CN1CCCC(C(C)(C)C)C1=O. The van der Waals surface area contributed by atoms with Crippen molar-refractivity contribution in [2.45, 2.75) is 33.6 Å². The first-order valence-electron chi connectivity index (χ1n) is 4.68. The van der Waals surface area contributed by atoms with Crippen LogP contribution in [0.3, 0.4) is 0 Å². The quantitative estimate of drug-likeness (QED) is 0.542. The molecular weight excluding hydrogens is 150 g/mol. The minimum atomic E-state index is 0.131. The van der Waals surface area contributed by atoms with Crippen LogP contribution < -0.4 is 0 Å². The lowest BCUT2D eigenvalue weighted by atomic mass is 9.76. The monoisotopic (exact) mass is 169 g/mol. The van der Waals surface area contributed by atoms with Crippen LogP contribution in [0.4, 0.5) is 0 Å². The summed E-state index contributed by atoms with van der Waals surface area (Å²) in [7, 11) is 1.90. The van der Waals surface area contributed by atoms with E-state index >= 15 is 0 Å². The molecular formula is C10H19NO. The lowest BCUT2D eigenvalue weighted by Crippen LogP contribution is -2.43. The Morgan fingerprint density at radius 3 is 2.42 bits per heavy atom. The molecule has 0 radical (unpaired) electrons. The number of hydrogen-bond donors (Lipinski definition) is 0. The molecule has 0 bridgehead atoms. The summed E-state index contributed by atoms with van der Waals surface area (Å²) in [5.41, 5.74) is 0.131. The molecule has 0 aliphatic carbocycles. The summed E-state index contributed by atoms with van der Waals surface area (Å²) >= 11 is 0. The second-order valence-corrected chi connectivity index (χ2v) is 4.82. The van der Waals surface area contributed by atoms with Crippen molar-refractivity contribution in [3.05, 3.63) is 0 Å². The van der Waals surface area contributed by atoms with Gasteiger partial charge in [0.05, 0.1) is 0 Å². The van der Waals surface area contributed by atoms with Gasteiger partial charge < -0.3 is 4.90 Å². The van der Waals surface area contributed by atoms with Gasteiger partial charge in [-0.2, -0.15) is 0 Å². The zero-order valence-corrected chi connectivity index (χ0v) is 8.55. The number of likely N-dealkylation sites (tertiary alicyclic amines) is 1. The Morgan fingerprint density at radius 2 is 2.00 bits per heavy atom. The molecule has 0 saturated carbocycles. The maximum absolute atomic E-state index is 11.7. The van der Waals surface area contributed by atoms with Gasteiger partial charge in [-0.1, -0.05) is 20.8 Å². The van der Waals surface area contributed by atoms with Crippen LogP contribution in [0, 0.1) is 11.3 Å². The van der Waals surface area contributed by atoms with Crippen LogP contribution in [0.25, 0.3) is 0 Å². The highest BCUT2D eigenvalue weighted by Crippen LogP contribution is 2.33. The molecule has 1 rings (SSSR count). The van der Waals surface area contributed by atoms with Gasteiger partial charge in [-0.15, -0.1) is 0 Å². The highest BCUT2D eigenvalue weighted by molar-refractivity contribution is 5.79. The number of carbonyl (C=O) groups excluding carboxylic acids is 1. The van der Waals surface area contributed by atoms with Gasteiger partial charge in [0.15, 0.2) is 0 Å². The smallest absolute Gasteiger partial charge is 0.225 e. The van der Waals surface area contributed by atoms with Gasteiger partial charge in [0.1, 0.15) is 0 Å². The van der Waals surface area contributed by atoms with E-state index in [4.69, 9.17) is 0 Å². The molecule has 12 heavy (non-hydrogen) atoms. The molecule has 0 aromatic heterocycles. The summed E-state index contributed by atoms with van der Waals surface area (Å²) in [4.78, 5) is 13.6. The average Bonchev–Trinajstić information content (AvgIpc) is 1.92. The molecule has 0 aromatic carbocycles. The molecule has 1 atom stereocenters. The molecule has 0 aromatic rings. The number of carbonyl (C=O) groups is 1. The van der Waals surface area contributed by atoms with Crippen molar-refractivity contribution in [3.63, 3.8) is 0 Å². The Bertz CT molecular complexity index is 181. The fraction of sp³-hybridized carbons (Fsp3) is 0.900. The number of rotatable bonds is 0. The largest absolute Gasteiger partial charge is 0.346 e. The van der Waals surface area contributed by atoms with E-state index in [1.54, 1.807) is 0 Å². The van der Waals surface area contributed by atoms with Crippen LogP contribution in [-0.2, 0) is 4.79 Å². The van der Waals surface area contributed by atoms with Gasteiger partial charge in [0.25, 0.3) is 0 Å². The Balaban J connectivity index is 2.71. The van der Waals surface area contributed by atoms with Crippen LogP contribution >= 0.6 is 0 Å². The maximum Gasteiger partial charge on any atom is 0.225 e. The molecule has 2 nitrogen and oxygen atoms in total. The van der Waals surface area contributed by atoms with Crippen molar-refractivity contribution in [3.8, 4) is 0 Å². The summed E-state index contributed by atoms with van der Waals surface area (Å²) in [5, 5.41) is 0. The van der Waals surface area contributed by atoms with Crippen molar-refractivity contribution in [2.75, 3.05) is 13.6 Å². The predicted molar refractivity (Wildman–Crippen MR) is 49.8 cm³/mol. The Labute approximate surface area is 74.9 Å². The Hall–Kier alpha value is -0.530. The minimum absolute atomic E-state index is 0.131. The van der Waals surface area contributed by atoms with Crippen LogP contribution in [0.1, 0.15) is 33.6 Å². The standard InChI is InChI=1S/C10H19NO/c1-10(2,3)8-6-5-7-11(4)9(8)12/h8H,5-7H2,1-4H3. The molecule has 2 heteroatoms. The van der Waals surface area contributed by atoms with Crippen LogP contribution in [0.15, 0.2) is 0 Å². The molecule has 1 saturated heterocycles. The van der Waals surface area contributed by atoms with Crippen molar-refractivity contribution in [1.82, 2.24) is 4.90 Å². The highest BCUT2D eigenvalue weighted by Gasteiger charge is 2.35. The molecule has 70 valence electrons. The molecule has 1 fully saturated rings. The van der Waals surface area contributed by atoms with Gasteiger partial charge >= 0.3 is 0 Å². The molecule has 1 aliphatic heterocycles. The molecule has 1 amide bonds. The van der Waals surface area contributed by atoms with Crippen LogP contribution in [0.5, 0.6) is 0 Å². The van der Waals surface area contributed by atoms with Crippen molar-refractivity contribution >= 4 is 5.91 Å². The second-order valence-electron chi connectivity index (χ2n) is 4.82. The lowest BCUT2D eigenvalue weighted by molar-refractivity contribution is -0.140. The van der Waals surface area contributed by atoms with E-state index in [0.29, 0.717) is 5.91 Å². The van der Waals surface area contributed by atoms with Crippen molar-refractivity contribution < 1.29 is 4.79 Å². The molecule has 1 heterocycles. The summed E-state index contributed by atoms with van der Waals surface area (Å²) in [5.74, 6) is 0.560. The zero-order valence-electron chi connectivity index (χ0n) is 8.55. The van der Waals surface area contributed by atoms with E-state index < -0.39 is 0 Å². The van der Waals surface area contributed by atoms with Gasteiger partial charge in [-0.3, -0.25) is 4.79 Å². The lowest BCUT2D eigenvalue weighted by Gasteiger charge is -2.37. The van der Waals surface area contributed by atoms with E-state index in [1.807, 2.05) is 11.9 Å². The normalized spacial score (nSPS) is 26.2. The second kappa shape index (κ2) is 3.08. The first-order valence-corrected chi connectivity index (χ1v) is 4.68. The minimum Gasteiger partial charge on any atom is -0.346 e. The third-order valence-corrected chi connectivity index (χ3v) is 2.71. The number of amides is 1. The van der Waals surface area contributed by atoms with Crippen molar-refractivity contribution in [2.24, 2.45) is 11.3 Å². The van der Waals surface area contributed by atoms with Gasteiger partial charge in [0.2, 0.25) is 5.91 Å². The fourth-order valence-corrected chi connectivity index (χ4v) is 1.84. The maximum atomic E-state index is 11.7. The average molecular weight is 169 g/mol. The van der Waals surface area contributed by atoms with Crippen LogP contribution in [0.2, 0.25) is 0 Å². The van der Waals surface area contributed by atoms with E-state index in [0.717, 1.165) is 19.4 Å². The van der Waals surface area contributed by atoms with Gasteiger partial charge in [0, 0.05) is 19.5 Å². The molecule has 0 spiro atoms. The zero-order chi connectivity index (χ0) is 9.35. The third kappa shape index (κ3) is 1.79. The summed E-state index contributed by atoms with van der Waals surface area (Å²) < 4.78 is 0. The molecule has 1 aliphatic rings. The Morgan fingerprint density at radius 1 is 1.42 bits per heavy atom. The van der Waals surface area contributed by atoms with Crippen molar-refractivity contribution in [1.29, 1.82) is 0 Å². The first kappa shape index (κ1) is 9.56. The Kier molecular flexibility index (Phi) is 2.45. The summed E-state index contributed by atoms with van der Waals surface area (Å²) in [6.45, 7) is 7.38.